The van der Waals surface area contributed by atoms with Gasteiger partial charge in [0.1, 0.15) is 0 Å². The lowest BCUT2D eigenvalue weighted by Crippen LogP contribution is -2.60. The number of quaternary nitrogens is 1. The third kappa shape index (κ3) is 5.02. The quantitative estimate of drug-likeness (QED) is 0.451. The molecule has 1 N–H and O–H groups in total. The van der Waals surface area contributed by atoms with Crippen LogP contribution in [0.1, 0.15) is 44.1 Å². The molecule has 3 aromatic rings. The van der Waals surface area contributed by atoms with Crippen molar-refractivity contribution in [2.75, 3.05) is 26.7 Å². The Bertz CT molecular complexity index is 1080. The highest BCUT2D eigenvalue weighted by atomic mass is 16.3. The van der Waals surface area contributed by atoms with Crippen LogP contribution in [0.5, 0.6) is 0 Å². The van der Waals surface area contributed by atoms with Crippen molar-refractivity contribution in [2.45, 2.75) is 63.4 Å². The van der Waals surface area contributed by atoms with Crippen LogP contribution in [0, 0.1) is 5.92 Å². The van der Waals surface area contributed by atoms with Gasteiger partial charge in [0.15, 0.2) is 12.3 Å². The first-order valence-corrected chi connectivity index (χ1v) is 13.6. The lowest BCUT2D eigenvalue weighted by atomic mass is 9.78. The molecule has 2 unspecified atom stereocenters. The molecule has 3 heterocycles. The van der Waals surface area contributed by atoms with Gasteiger partial charge in [-0.05, 0) is 42.7 Å². The van der Waals surface area contributed by atoms with Crippen LogP contribution in [-0.4, -0.2) is 62.3 Å². The molecule has 6 nitrogen and oxygen atoms in total. The zero-order valence-corrected chi connectivity index (χ0v) is 21.6. The standard InChI is InChI=1S/C30H41N4O2/c1-34(25-32-19-9-10-20-32,24-23-31-17-7-8-18-31)28-15-21-33(22-16-28)29(35)30(36,27-13-5-6-14-27)26-11-3-2-4-12-26/h2-4,7-12,17-20,27-28,36H,5-6,13-16,21-25H2,1H3/q+1. The van der Waals surface area contributed by atoms with Crippen LogP contribution in [0.2, 0.25) is 0 Å². The maximum atomic E-state index is 14.0. The Labute approximate surface area is 215 Å². The van der Waals surface area contributed by atoms with Gasteiger partial charge in [-0.3, -0.25) is 4.79 Å². The number of nitrogens with zero attached hydrogens (tertiary/aromatic N) is 4. The molecule has 2 aliphatic rings. The molecule has 36 heavy (non-hydrogen) atoms. The summed E-state index contributed by atoms with van der Waals surface area (Å²) in [7, 11) is 2.37. The van der Waals surface area contributed by atoms with Crippen LogP contribution in [0.4, 0.5) is 0 Å². The fourth-order valence-corrected chi connectivity index (χ4v) is 6.57. The van der Waals surface area contributed by atoms with Gasteiger partial charge in [-0.15, -0.1) is 0 Å². The van der Waals surface area contributed by atoms with Crippen molar-refractivity contribution in [3.05, 3.63) is 84.9 Å². The summed E-state index contributed by atoms with van der Waals surface area (Å²) in [6, 6.07) is 18.5. The maximum Gasteiger partial charge on any atom is 0.259 e. The summed E-state index contributed by atoms with van der Waals surface area (Å²) in [6.07, 6.45) is 14.5. The van der Waals surface area contributed by atoms with E-state index in [2.05, 4.69) is 65.2 Å². The average molecular weight is 490 g/mol. The molecule has 1 amide bonds. The fourth-order valence-electron chi connectivity index (χ4n) is 6.57. The Kier molecular flexibility index (Phi) is 7.35. The van der Waals surface area contributed by atoms with E-state index >= 15 is 0 Å². The molecule has 1 saturated heterocycles. The van der Waals surface area contributed by atoms with Crippen LogP contribution in [-0.2, 0) is 23.6 Å². The summed E-state index contributed by atoms with van der Waals surface area (Å²) in [5.74, 6) is -0.0903. The number of benzene rings is 1. The summed E-state index contributed by atoms with van der Waals surface area (Å²) >= 11 is 0. The Morgan fingerprint density at radius 3 is 2.08 bits per heavy atom. The smallest absolute Gasteiger partial charge is 0.259 e. The van der Waals surface area contributed by atoms with Crippen LogP contribution >= 0.6 is 0 Å². The molecule has 0 spiro atoms. The van der Waals surface area contributed by atoms with Gasteiger partial charge in [0, 0.05) is 56.6 Å². The number of amides is 1. The van der Waals surface area contributed by atoms with E-state index in [1.807, 2.05) is 35.2 Å². The van der Waals surface area contributed by atoms with Gasteiger partial charge in [-0.25, -0.2) is 0 Å². The number of hydrogen-bond donors (Lipinski definition) is 1. The molecule has 192 valence electrons. The molecule has 1 saturated carbocycles. The zero-order valence-electron chi connectivity index (χ0n) is 21.6. The lowest BCUT2D eigenvalue weighted by Gasteiger charge is -2.47. The second kappa shape index (κ2) is 10.7. The van der Waals surface area contributed by atoms with Gasteiger partial charge in [-0.2, -0.15) is 0 Å². The second-order valence-corrected chi connectivity index (χ2v) is 11.1. The van der Waals surface area contributed by atoms with Crippen LogP contribution < -0.4 is 0 Å². The maximum absolute atomic E-state index is 14.0. The number of likely N-dealkylation sites (N-methyl/N-ethyl adjacent to an activating group) is 1. The zero-order chi connectivity index (χ0) is 25.0. The minimum atomic E-state index is -1.41. The summed E-state index contributed by atoms with van der Waals surface area (Å²) in [4.78, 5) is 15.9. The van der Waals surface area contributed by atoms with Crippen LogP contribution in [0.15, 0.2) is 79.4 Å². The first-order valence-electron chi connectivity index (χ1n) is 13.6. The number of likely N-dealkylation sites (tertiary alicyclic amines) is 1. The summed E-state index contributed by atoms with van der Waals surface area (Å²) < 4.78 is 5.47. The topological polar surface area (TPSA) is 50.4 Å². The normalized spacial score (nSPS) is 20.8. The molecule has 2 atom stereocenters. The SMILES string of the molecule is C[N+](CCn1cccc1)(Cn1cccc1)C1CCN(C(=O)C(O)(c2ccccc2)C2CCCC2)CC1. The number of aliphatic hydroxyl groups is 1. The van der Waals surface area contributed by atoms with E-state index in [1.54, 1.807) is 0 Å². The number of rotatable bonds is 9. The predicted octanol–water partition coefficient (Wildman–Crippen LogP) is 4.46. The number of carbonyl (C=O) groups excluding carboxylic acids is 1. The Hall–Kier alpha value is -2.83. The molecule has 1 aliphatic heterocycles. The fraction of sp³-hybridized carbons (Fsp3) is 0.500. The van der Waals surface area contributed by atoms with E-state index in [-0.39, 0.29) is 11.8 Å². The molecule has 5 rings (SSSR count). The van der Waals surface area contributed by atoms with Crippen molar-refractivity contribution < 1.29 is 14.4 Å². The van der Waals surface area contributed by atoms with Gasteiger partial charge >= 0.3 is 0 Å². The average Bonchev–Trinajstić information content (AvgIpc) is 3.71. The van der Waals surface area contributed by atoms with Crippen molar-refractivity contribution >= 4 is 5.91 Å². The van der Waals surface area contributed by atoms with Gasteiger partial charge in [-0.1, -0.05) is 43.2 Å². The van der Waals surface area contributed by atoms with Gasteiger partial charge in [0.05, 0.1) is 26.2 Å². The van der Waals surface area contributed by atoms with Gasteiger partial charge < -0.3 is 23.6 Å². The number of hydrogen-bond acceptors (Lipinski definition) is 2. The Balaban J connectivity index is 1.31. The van der Waals surface area contributed by atoms with E-state index in [4.69, 9.17) is 0 Å². The Morgan fingerprint density at radius 2 is 1.47 bits per heavy atom. The number of carbonyl (C=O) groups is 1. The molecule has 2 aromatic heterocycles. The predicted molar refractivity (Wildman–Crippen MR) is 142 cm³/mol. The summed E-state index contributed by atoms with van der Waals surface area (Å²) in [5.41, 5.74) is -0.661. The van der Waals surface area contributed by atoms with E-state index in [9.17, 15) is 9.90 Å². The largest absolute Gasteiger partial charge is 0.375 e. The summed E-state index contributed by atoms with van der Waals surface area (Å²) in [5, 5.41) is 12.0. The van der Waals surface area contributed by atoms with Crippen molar-refractivity contribution in [1.82, 2.24) is 14.0 Å². The highest BCUT2D eigenvalue weighted by Crippen LogP contribution is 2.42. The molecular formula is C30H41N4O2+. The minimum Gasteiger partial charge on any atom is -0.375 e. The van der Waals surface area contributed by atoms with Crippen molar-refractivity contribution in [2.24, 2.45) is 5.92 Å². The lowest BCUT2D eigenvalue weighted by molar-refractivity contribution is -0.955. The third-order valence-corrected chi connectivity index (χ3v) is 8.81. The van der Waals surface area contributed by atoms with Gasteiger partial charge in [0.2, 0.25) is 0 Å². The van der Waals surface area contributed by atoms with Crippen molar-refractivity contribution in [3.8, 4) is 0 Å². The second-order valence-electron chi connectivity index (χ2n) is 11.1. The monoisotopic (exact) mass is 489 g/mol. The molecule has 2 fully saturated rings. The molecule has 6 heteroatoms. The van der Waals surface area contributed by atoms with Crippen LogP contribution in [0.25, 0.3) is 0 Å². The molecule has 1 aromatic carbocycles. The highest BCUT2D eigenvalue weighted by Gasteiger charge is 2.49. The Morgan fingerprint density at radius 1 is 0.889 bits per heavy atom. The molecule has 0 radical (unpaired) electrons. The first-order chi connectivity index (χ1) is 17.5. The summed E-state index contributed by atoms with van der Waals surface area (Å²) in [6.45, 7) is 4.33. The third-order valence-electron chi connectivity index (χ3n) is 8.81. The van der Waals surface area contributed by atoms with Gasteiger partial charge in [0.25, 0.3) is 5.91 Å². The van der Waals surface area contributed by atoms with E-state index in [0.717, 1.165) is 68.3 Å². The minimum absolute atomic E-state index is 0.00137. The van der Waals surface area contributed by atoms with Crippen LogP contribution in [0.3, 0.4) is 0 Å². The molecule has 0 bridgehead atoms. The van der Waals surface area contributed by atoms with E-state index in [0.29, 0.717) is 19.1 Å². The highest BCUT2D eigenvalue weighted by molar-refractivity contribution is 5.87. The number of aromatic nitrogens is 2. The van der Waals surface area contributed by atoms with Crippen molar-refractivity contribution in [3.63, 3.8) is 0 Å². The van der Waals surface area contributed by atoms with E-state index in [1.165, 1.54) is 0 Å². The molecular weight excluding hydrogens is 448 g/mol. The van der Waals surface area contributed by atoms with Crippen molar-refractivity contribution in [1.29, 1.82) is 0 Å². The first kappa shape index (κ1) is 24.8. The molecule has 1 aliphatic carbocycles. The van der Waals surface area contributed by atoms with E-state index < -0.39 is 5.60 Å². The number of piperidine rings is 1.